The van der Waals surface area contributed by atoms with Crippen LogP contribution in [0.1, 0.15) is 37.2 Å². The van der Waals surface area contributed by atoms with Gasteiger partial charge in [-0.3, -0.25) is 0 Å². The maximum Gasteiger partial charge on any atom is 0.231 e. The van der Waals surface area contributed by atoms with E-state index in [4.69, 9.17) is 23.7 Å². The van der Waals surface area contributed by atoms with E-state index in [1.807, 2.05) is 24.3 Å². The molecule has 0 spiro atoms. The van der Waals surface area contributed by atoms with E-state index in [1.165, 1.54) is 0 Å². The van der Waals surface area contributed by atoms with Gasteiger partial charge in [-0.25, -0.2) is 0 Å². The lowest BCUT2D eigenvalue weighted by atomic mass is 9.85. The fourth-order valence-electron chi connectivity index (χ4n) is 3.84. The van der Waals surface area contributed by atoms with Gasteiger partial charge < -0.3 is 23.7 Å². The molecule has 26 heavy (non-hydrogen) atoms. The van der Waals surface area contributed by atoms with Crippen LogP contribution in [0.2, 0.25) is 0 Å². The van der Waals surface area contributed by atoms with Crippen molar-refractivity contribution in [2.75, 3.05) is 21.0 Å². The van der Waals surface area contributed by atoms with Gasteiger partial charge >= 0.3 is 0 Å². The monoisotopic (exact) mass is 356 g/mol. The van der Waals surface area contributed by atoms with Gasteiger partial charge in [-0.15, -0.1) is 0 Å². The first kappa shape index (κ1) is 17.0. The van der Waals surface area contributed by atoms with Gasteiger partial charge in [0.1, 0.15) is 0 Å². The lowest BCUT2D eigenvalue weighted by Gasteiger charge is -2.18. The molecule has 0 amide bonds. The van der Waals surface area contributed by atoms with Gasteiger partial charge in [0.15, 0.2) is 23.0 Å². The number of hydrogen-bond donors (Lipinski definition) is 0. The molecule has 138 valence electrons. The molecule has 5 nitrogen and oxygen atoms in total. The van der Waals surface area contributed by atoms with Crippen LogP contribution in [-0.4, -0.2) is 21.0 Å². The quantitative estimate of drug-likeness (QED) is 0.806. The van der Waals surface area contributed by atoms with Crippen molar-refractivity contribution >= 4 is 0 Å². The van der Waals surface area contributed by atoms with Crippen LogP contribution in [0.4, 0.5) is 0 Å². The minimum absolute atomic E-state index is 0.000212. The van der Waals surface area contributed by atoms with Crippen LogP contribution in [0, 0.1) is 11.8 Å². The molecule has 1 saturated heterocycles. The highest BCUT2D eigenvalue weighted by Crippen LogP contribution is 2.50. The highest BCUT2D eigenvalue weighted by molar-refractivity contribution is 5.46. The molecule has 0 N–H and O–H groups in total. The highest BCUT2D eigenvalue weighted by Gasteiger charge is 2.41. The van der Waals surface area contributed by atoms with E-state index in [1.54, 1.807) is 14.2 Å². The SMILES string of the molecule is COc1ccc([C@H]2O[C@@H](c3ccc4c(c3)OCO4)[C@H](C)[C@H]2C)cc1OC. The lowest BCUT2D eigenvalue weighted by molar-refractivity contribution is 0.0288. The van der Waals surface area contributed by atoms with Gasteiger partial charge in [0, 0.05) is 0 Å². The topological polar surface area (TPSA) is 46.2 Å². The Balaban J connectivity index is 1.62. The van der Waals surface area contributed by atoms with Crippen molar-refractivity contribution in [1.29, 1.82) is 0 Å². The molecule has 0 aliphatic carbocycles. The lowest BCUT2D eigenvalue weighted by Crippen LogP contribution is -2.10. The second kappa shape index (κ2) is 6.72. The Bertz CT molecular complexity index is 803. The van der Waals surface area contributed by atoms with Crippen LogP contribution in [-0.2, 0) is 4.74 Å². The highest BCUT2D eigenvalue weighted by atomic mass is 16.7. The summed E-state index contributed by atoms with van der Waals surface area (Å²) < 4.78 is 28.2. The Labute approximate surface area is 153 Å². The molecule has 0 aromatic heterocycles. The van der Waals surface area contributed by atoms with E-state index in [2.05, 4.69) is 26.0 Å². The largest absolute Gasteiger partial charge is 0.493 e. The van der Waals surface area contributed by atoms with E-state index in [0.717, 1.165) is 34.1 Å². The minimum atomic E-state index is 0.000212. The minimum Gasteiger partial charge on any atom is -0.493 e. The third kappa shape index (κ3) is 2.76. The molecule has 0 bridgehead atoms. The van der Waals surface area contributed by atoms with Crippen molar-refractivity contribution in [3.05, 3.63) is 47.5 Å². The zero-order chi connectivity index (χ0) is 18.3. The van der Waals surface area contributed by atoms with Crippen LogP contribution in [0.25, 0.3) is 0 Å². The predicted octanol–water partition coefficient (Wildman–Crippen LogP) is 4.52. The van der Waals surface area contributed by atoms with Crippen LogP contribution in [0.15, 0.2) is 36.4 Å². The Morgan fingerprint density at radius 3 is 2.08 bits per heavy atom. The molecule has 5 heteroatoms. The summed E-state index contributed by atoms with van der Waals surface area (Å²) in [6.07, 6.45) is 0.0119. The predicted molar refractivity (Wildman–Crippen MR) is 97.0 cm³/mol. The van der Waals surface area contributed by atoms with Crippen molar-refractivity contribution in [2.45, 2.75) is 26.1 Å². The maximum atomic E-state index is 6.50. The maximum absolute atomic E-state index is 6.50. The third-order valence-electron chi connectivity index (χ3n) is 5.54. The summed E-state index contributed by atoms with van der Waals surface area (Å²) in [5.74, 6) is 3.77. The zero-order valence-electron chi connectivity index (χ0n) is 15.5. The number of benzene rings is 2. The summed E-state index contributed by atoms with van der Waals surface area (Å²) >= 11 is 0. The van der Waals surface area contributed by atoms with E-state index in [-0.39, 0.29) is 19.0 Å². The van der Waals surface area contributed by atoms with E-state index >= 15 is 0 Å². The molecule has 1 fully saturated rings. The molecular weight excluding hydrogens is 332 g/mol. The van der Waals surface area contributed by atoms with Gasteiger partial charge in [-0.2, -0.15) is 0 Å². The first-order valence-corrected chi connectivity index (χ1v) is 8.89. The average Bonchev–Trinajstić information content (AvgIpc) is 3.25. The van der Waals surface area contributed by atoms with Gasteiger partial charge in [-0.05, 0) is 47.2 Å². The second-order valence-electron chi connectivity index (χ2n) is 6.92. The summed E-state index contributed by atoms with van der Waals surface area (Å²) in [6, 6.07) is 12.1. The molecule has 4 rings (SSSR count). The fraction of sp³-hybridized carbons (Fsp3) is 0.429. The molecule has 0 unspecified atom stereocenters. The molecule has 0 radical (unpaired) electrons. The van der Waals surface area contributed by atoms with Gasteiger partial charge in [-0.1, -0.05) is 26.0 Å². The van der Waals surface area contributed by atoms with Crippen LogP contribution >= 0.6 is 0 Å². The summed E-state index contributed by atoms with van der Waals surface area (Å²) in [5.41, 5.74) is 2.22. The molecule has 2 heterocycles. The molecular formula is C21H24O5. The van der Waals surface area contributed by atoms with Gasteiger partial charge in [0.2, 0.25) is 6.79 Å². The number of ether oxygens (including phenoxy) is 5. The molecule has 0 saturated carbocycles. The first-order valence-electron chi connectivity index (χ1n) is 8.89. The normalized spacial score (nSPS) is 26.8. The molecule has 2 aliphatic rings. The molecule has 2 aliphatic heterocycles. The van der Waals surface area contributed by atoms with Crippen molar-refractivity contribution in [3.63, 3.8) is 0 Å². The summed E-state index contributed by atoms with van der Waals surface area (Å²) in [4.78, 5) is 0. The van der Waals surface area contributed by atoms with Crippen molar-refractivity contribution < 1.29 is 23.7 Å². The first-order chi connectivity index (χ1) is 12.6. The van der Waals surface area contributed by atoms with Crippen LogP contribution < -0.4 is 18.9 Å². The molecule has 2 aromatic rings. The summed E-state index contributed by atoms with van der Waals surface area (Å²) in [7, 11) is 3.29. The standard InChI is InChI=1S/C21H24O5/c1-12-13(2)21(15-6-8-17-19(10-15)25-11-24-17)26-20(12)14-5-7-16(22-3)18(9-14)23-4/h5-10,12-13,20-21H,11H2,1-4H3/t12-,13-,20+,21-/m1/s1. The Morgan fingerprint density at radius 2 is 1.38 bits per heavy atom. The van der Waals surface area contributed by atoms with Crippen molar-refractivity contribution in [1.82, 2.24) is 0 Å². The smallest absolute Gasteiger partial charge is 0.231 e. The second-order valence-corrected chi connectivity index (χ2v) is 6.92. The van der Waals surface area contributed by atoms with Gasteiger partial charge in [0.05, 0.1) is 26.4 Å². The Hall–Kier alpha value is -2.40. The summed E-state index contributed by atoms with van der Waals surface area (Å²) in [6.45, 7) is 4.75. The van der Waals surface area contributed by atoms with Gasteiger partial charge in [0.25, 0.3) is 0 Å². The molecule has 4 atom stereocenters. The van der Waals surface area contributed by atoms with E-state index in [9.17, 15) is 0 Å². The number of rotatable bonds is 4. The number of fused-ring (bicyclic) bond motifs is 1. The fourth-order valence-corrected chi connectivity index (χ4v) is 3.84. The van der Waals surface area contributed by atoms with Crippen LogP contribution in [0.5, 0.6) is 23.0 Å². The van der Waals surface area contributed by atoms with E-state index < -0.39 is 0 Å². The van der Waals surface area contributed by atoms with Crippen molar-refractivity contribution in [2.24, 2.45) is 11.8 Å². The third-order valence-corrected chi connectivity index (χ3v) is 5.54. The zero-order valence-corrected chi connectivity index (χ0v) is 15.5. The number of methoxy groups -OCH3 is 2. The number of hydrogen-bond acceptors (Lipinski definition) is 5. The van der Waals surface area contributed by atoms with Crippen LogP contribution in [0.3, 0.4) is 0 Å². The van der Waals surface area contributed by atoms with E-state index in [0.29, 0.717) is 11.8 Å². The Kier molecular flexibility index (Phi) is 4.41. The van der Waals surface area contributed by atoms with Crippen molar-refractivity contribution in [3.8, 4) is 23.0 Å². The Morgan fingerprint density at radius 1 is 0.769 bits per heavy atom. The average molecular weight is 356 g/mol. The summed E-state index contributed by atoms with van der Waals surface area (Å²) in [5, 5.41) is 0. The molecule has 2 aromatic carbocycles.